The highest BCUT2D eigenvalue weighted by Gasteiger charge is 2.42. The second kappa shape index (κ2) is 6.42. The Balaban J connectivity index is 1.70. The summed E-state index contributed by atoms with van der Waals surface area (Å²) in [6.07, 6.45) is 2.34. The summed E-state index contributed by atoms with van der Waals surface area (Å²) < 4.78 is 0. The Kier molecular flexibility index (Phi) is 4.50. The zero-order valence-corrected chi connectivity index (χ0v) is 14.4. The third kappa shape index (κ3) is 3.79. The SMILES string of the molecule is Cc1ccc(-c2nc(C)sc2CC(=O)NCC2(CO)CC2)cc1. The maximum atomic E-state index is 12.2. The van der Waals surface area contributed by atoms with Crippen molar-refractivity contribution in [3.8, 4) is 11.3 Å². The molecule has 4 nitrogen and oxygen atoms in total. The summed E-state index contributed by atoms with van der Waals surface area (Å²) in [4.78, 5) is 17.8. The number of hydrogen-bond acceptors (Lipinski definition) is 4. The van der Waals surface area contributed by atoms with Gasteiger partial charge in [-0.1, -0.05) is 29.8 Å². The van der Waals surface area contributed by atoms with E-state index < -0.39 is 0 Å². The largest absolute Gasteiger partial charge is 0.396 e. The Labute approximate surface area is 140 Å². The van der Waals surface area contributed by atoms with Crippen molar-refractivity contribution in [3.05, 3.63) is 39.7 Å². The van der Waals surface area contributed by atoms with E-state index in [0.29, 0.717) is 13.0 Å². The van der Waals surface area contributed by atoms with Crippen molar-refractivity contribution in [2.45, 2.75) is 33.1 Å². The van der Waals surface area contributed by atoms with E-state index in [0.717, 1.165) is 34.0 Å². The Morgan fingerprint density at radius 3 is 2.61 bits per heavy atom. The molecule has 0 bridgehead atoms. The van der Waals surface area contributed by atoms with Gasteiger partial charge in [0.05, 0.1) is 23.7 Å². The number of carbonyl (C=O) groups excluding carboxylic acids is 1. The molecular weight excluding hydrogens is 308 g/mol. The van der Waals surface area contributed by atoms with Crippen molar-refractivity contribution in [1.82, 2.24) is 10.3 Å². The van der Waals surface area contributed by atoms with Crippen molar-refractivity contribution in [1.29, 1.82) is 0 Å². The fourth-order valence-electron chi connectivity index (χ4n) is 2.59. The second-order valence-corrected chi connectivity index (χ2v) is 7.77. The topological polar surface area (TPSA) is 62.2 Å². The summed E-state index contributed by atoms with van der Waals surface area (Å²) in [7, 11) is 0. The number of aliphatic hydroxyl groups is 1. The molecular formula is C18H22N2O2S. The highest BCUT2D eigenvalue weighted by Crippen LogP contribution is 2.44. The predicted molar refractivity (Wildman–Crippen MR) is 92.5 cm³/mol. The molecule has 1 aliphatic rings. The van der Waals surface area contributed by atoms with E-state index in [4.69, 9.17) is 0 Å². The molecule has 2 N–H and O–H groups in total. The average molecular weight is 330 g/mol. The van der Waals surface area contributed by atoms with Crippen molar-refractivity contribution in [3.63, 3.8) is 0 Å². The smallest absolute Gasteiger partial charge is 0.225 e. The summed E-state index contributed by atoms with van der Waals surface area (Å²) >= 11 is 1.58. The number of amides is 1. The van der Waals surface area contributed by atoms with Gasteiger partial charge in [-0.05, 0) is 26.7 Å². The maximum Gasteiger partial charge on any atom is 0.225 e. The third-order valence-electron chi connectivity index (χ3n) is 4.40. The van der Waals surface area contributed by atoms with E-state index in [2.05, 4.69) is 41.5 Å². The van der Waals surface area contributed by atoms with Gasteiger partial charge in [-0.15, -0.1) is 11.3 Å². The molecule has 1 aromatic carbocycles. The summed E-state index contributed by atoms with van der Waals surface area (Å²) in [6, 6.07) is 8.23. The molecule has 5 heteroatoms. The number of rotatable bonds is 6. The van der Waals surface area contributed by atoms with E-state index in [9.17, 15) is 9.90 Å². The van der Waals surface area contributed by atoms with Crippen LogP contribution in [0.25, 0.3) is 11.3 Å². The van der Waals surface area contributed by atoms with E-state index in [1.165, 1.54) is 5.56 Å². The van der Waals surface area contributed by atoms with E-state index in [-0.39, 0.29) is 17.9 Å². The molecule has 0 unspecified atom stereocenters. The molecule has 1 amide bonds. The van der Waals surface area contributed by atoms with Gasteiger partial charge in [-0.2, -0.15) is 0 Å². The van der Waals surface area contributed by atoms with Crippen LogP contribution in [0.4, 0.5) is 0 Å². The minimum atomic E-state index is -0.0565. The van der Waals surface area contributed by atoms with Gasteiger partial charge in [0, 0.05) is 22.4 Å². The van der Waals surface area contributed by atoms with Gasteiger partial charge >= 0.3 is 0 Å². The highest BCUT2D eigenvalue weighted by molar-refractivity contribution is 7.12. The molecule has 1 heterocycles. The molecule has 0 aliphatic heterocycles. The Hall–Kier alpha value is -1.72. The zero-order chi connectivity index (χ0) is 16.4. The van der Waals surface area contributed by atoms with Crippen LogP contribution in [0.15, 0.2) is 24.3 Å². The summed E-state index contributed by atoms with van der Waals surface area (Å²) in [5.74, 6) is 0.00161. The van der Waals surface area contributed by atoms with Gasteiger partial charge < -0.3 is 10.4 Å². The van der Waals surface area contributed by atoms with Crippen LogP contribution in [0.5, 0.6) is 0 Å². The summed E-state index contributed by atoms with van der Waals surface area (Å²) in [6.45, 7) is 4.75. The quantitative estimate of drug-likeness (QED) is 0.856. The molecule has 0 spiro atoms. The molecule has 0 atom stereocenters. The second-order valence-electron chi connectivity index (χ2n) is 6.48. The van der Waals surface area contributed by atoms with Crippen molar-refractivity contribution in [2.24, 2.45) is 5.41 Å². The third-order valence-corrected chi connectivity index (χ3v) is 5.37. The molecule has 2 aromatic rings. The summed E-state index contributed by atoms with van der Waals surface area (Å²) in [5, 5.41) is 13.3. The van der Waals surface area contributed by atoms with Gasteiger partial charge in [-0.3, -0.25) is 4.79 Å². The Morgan fingerprint density at radius 1 is 1.30 bits per heavy atom. The van der Waals surface area contributed by atoms with Crippen LogP contribution in [0.1, 0.15) is 28.3 Å². The first kappa shape index (κ1) is 16.1. The van der Waals surface area contributed by atoms with Crippen molar-refractivity contribution >= 4 is 17.2 Å². The fourth-order valence-corrected chi connectivity index (χ4v) is 3.54. The highest BCUT2D eigenvalue weighted by atomic mass is 32.1. The molecule has 122 valence electrons. The number of hydrogen-bond donors (Lipinski definition) is 2. The number of nitrogens with one attached hydrogen (secondary N) is 1. The molecule has 23 heavy (non-hydrogen) atoms. The minimum absolute atomic E-state index is 0.00161. The van der Waals surface area contributed by atoms with Crippen LogP contribution >= 0.6 is 11.3 Å². The fraction of sp³-hybridized carbons (Fsp3) is 0.444. The molecule has 0 radical (unpaired) electrons. The lowest BCUT2D eigenvalue weighted by Gasteiger charge is -2.12. The molecule has 1 aromatic heterocycles. The Morgan fingerprint density at radius 2 is 2.00 bits per heavy atom. The van der Waals surface area contributed by atoms with Crippen LogP contribution in [0.3, 0.4) is 0 Å². The number of thiazole rings is 1. The first-order chi connectivity index (χ1) is 11.0. The standard InChI is InChI=1S/C18H22N2O2S/c1-12-3-5-14(6-4-12)17-15(23-13(2)20-17)9-16(22)19-10-18(11-21)7-8-18/h3-6,21H,7-11H2,1-2H3,(H,19,22). The van der Waals surface area contributed by atoms with Gasteiger partial charge in [0.1, 0.15) is 0 Å². The minimum Gasteiger partial charge on any atom is -0.396 e. The van der Waals surface area contributed by atoms with Crippen LogP contribution in [-0.2, 0) is 11.2 Å². The first-order valence-corrected chi connectivity index (χ1v) is 8.74. The van der Waals surface area contributed by atoms with Crippen LogP contribution in [-0.4, -0.2) is 29.1 Å². The van der Waals surface area contributed by atoms with Gasteiger partial charge in [0.25, 0.3) is 0 Å². The lowest BCUT2D eigenvalue weighted by atomic mass is 10.1. The molecule has 3 rings (SSSR count). The molecule has 0 saturated heterocycles. The van der Waals surface area contributed by atoms with Gasteiger partial charge in [0.15, 0.2) is 0 Å². The van der Waals surface area contributed by atoms with Crippen LogP contribution in [0, 0.1) is 19.3 Å². The van der Waals surface area contributed by atoms with Crippen LogP contribution < -0.4 is 5.32 Å². The average Bonchev–Trinajstić information content (AvgIpc) is 3.23. The number of aromatic nitrogens is 1. The predicted octanol–water partition coefficient (Wildman–Crippen LogP) is 2.86. The number of aliphatic hydroxyl groups excluding tert-OH is 1. The zero-order valence-electron chi connectivity index (χ0n) is 13.6. The van der Waals surface area contributed by atoms with E-state index >= 15 is 0 Å². The van der Waals surface area contributed by atoms with Gasteiger partial charge in [-0.25, -0.2) is 4.98 Å². The van der Waals surface area contributed by atoms with Crippen molar-refractivity contribution < 1.29 is 9.90 Å². The lowest BCUT2D eigenvalue weighted by Crippen LogP contribution is -2.32. The maximum absolute atomic E-state index is 12.2. The van der Waals surface area contributed by atoms with E-state index in [1.807, 2.05) is 6.92 Å². The van der Waals surface area contributed by atoms with Crippen molar-refractivity contribution in [2.75, 3.05) is 13.2 Å². The number of aryl methyl sites for hydroxylation is 2. The number of nitrogens with zero attached hydrogens (tertiary/aromatic N) is 1. The van der Waals surface area contributed by atoms with E-state index in [1.54, 1.807) is 11.3 Å². The summed E-state index contributed by atoms with van der Waals surface area (Å²) in [5.41, 5.74) is 3.11. The monoisotopic (exact) mass is 330 g/mol. The molecule has 1 saturated carbocycles. The normalized spacial score (nSPS) is 15.4. The first-order valence-electron chi connectivity index (χ1n) is 7.92. The number of carbonyl (C=O) groups is 1. The lowest BCUT2D eigenvalue weighted by molar-refractivity contribution is -0.120. The number of benzene rings is 1. The Bertz CT molecular complexity index is 702. The molecule has 1 fully saturated rings. The van der Waals surface area contributed by atoms with Gasteiger partial charge in [0.2, 0.25) is 5.91 Å². The molecule has 1 aliphatic carbocycles. The van der Waals surface area contributed by atoms with Crippen LogP contribution in [0.2, 0.25) is 0 Å².